The molecule has 0 saturated carbocycles. The third-order valence-electron chi connectivity index (χ3n) is 3.28. The Bertz CT molecular complexity index is 526. The average molecular weight is 232 g/mol. The van der Waals surface area contributed by atoms with E-state index in [1.165, 1.54) is 0 Å². The molecule has 17 heavy (non-hydrogen) atoms. The first-order chi connectivity index (χ1) is 8.25. The van der Waals surface area contributed by atoms with Crippen molar-refractivity contribution in [1.29, 1.82) is 0 Å². The lowest BCUT2D eigenvalue weighted by atomic mass is 10.3. The normalized spacial score (nSPS) is 17.9. The van der Waals surface area contributed by atoms with Crippen LogP contribution in [0.15, 0.2) is 12.7 Å². The molecule has 2 aromatic heterocycles. The van der Waals surface area contributed by atoms with E-state index >= 15 is 0 Å². The second-order valence-corrected chi connectivity index (χ2v) is 4.52. The van der Waals surface area contributed by atoms with E-state index in [0.717, 1.165) is 43.2 Å². The fraction of sp³-hybridized carbons (Fsp3) is 0.545. The van der Waals surface area contributed by atoms with Crippen LogP contribution in [0.25, 0.3) is 11.2 Å². The third kappa shape index (κ3) is 1.74. The van der Waals surface area contributed by atoms with Gasteiger partial charge in [0.15, 0.2) is 17.0 Å². The van der Waals surface area contributed by atoms with Crippen LogP contribution in [-0.2, 0) is 7.05 Å². The number of aryl methyl sites for hydroxylation is 1. The van der Waals surface area contributed by atoms with Gasteiger partial charge in [-0.05, 0) is 7.05 Å². The standard InChI is InChI=1S/C11H16N6/c1-15-3-5-17(6-4-15)11-9-10(12-7-13-11)16(2)8-14-9/h7-8H,3-6H2,1-2H3. The number of fused-ring (bicyclic) bond motifs is 1. The lowest BCUT2D eigenvalue weighted by molar-refractivity contribution is 0.312. The number of rotatable bonds is 1. The molecule has 1 fully saturated rings. The maximum absolute atomic E-state index is 4.40. The van der Waals surface area contributed by atoms with E-state index in [9.17, 15) is 0 Å². The summed E-state index contributed by atoms with van der Waals surface area (Å²) in [7, 11) is 4.10. The number of piperazine rings is 1. The molecule has 3 rings (SSSR count). The van der Waals surface area contributed by atoms with Gasteiger partial charge in [-0.3, -0.25) is 0 Å². The molecular formula is C11H16N6. The highest BCUT2D eigenvalue weighted by Gasteiger charge is 2.19. The van der Waals surface area contributed by atoms with Crippen LogP contribution in [0.2, 0.25) is 0 Å². The summed E-state index contributed by atoms with van der Waals surface area (Å²) in [6, 6.07) is 0. The van der Waals surface area contributed by atoms with Gasteiger partial charge in [0.25, 0.3) is 0 Å². The van der Waals surface area contributed by atoms with E-state index in [-0.39, 0.29) is 0 Å². The first-order valence-electron chi connectivity index (χ1n) is 5.81. The Morgan fingerprint density at radius 3 is 2.53 bits per heavy atom. The van der Waals surface area contributed by atoms with E-state index < -0.39 is 0 Å². The van der Waals surface area contributed by atoms with Gasteiger partial charge in [0.05, 0.1) is 6.33 Å². The molecule has 1 aliphatic heterocycles. The third-order valence-corrected chi connectivity index (χ3v) is 3.28. The molecule has 1 saturated heterocycles. The van der Waals surface area contributed by atoms with Gasteiger partial charge in [-0.1, -0.05) is 0 Å². The van der Waals surface area contributed by atoms with Crippen LogP contribution in [0.5, 0.6) is 0 Å². The van der Waals surface area contributed by atoms with Crippen LogP contribution in [0, 0.1) is 0 Å². The smallest absolute Gasteiger partial charge is 0.165 e. The SMILES string of the molecule is CN1CCN(c2ncnc3c2ncn3C)CC1. The highest BCUT2D eigenvalue weighted by molar-refractivity contribution is 5.83. The fourth-order valence-corrected chi connectivity index (χ4v) is 2.18. The molecule has 2 aromatic rings. The molecule has 0 unspecified atom stereocenters. The van der Waals surface area contributed by atoms with Crippen molar-refractivity contribution < 1.29 is 0 Å². The van der Waals surface area contributed by atoms with Crippen LogP contribution in [0.3, 0.4) is 0 Å². The summed E-state index contributed by atoms with van der Waals surface area (Å²) in [4.78, 5) is 17.7. The Hall–Kier alpha value is -1.69. The Balaban J connectivity index is 2.00. The van der Waals surface area contributed by atoms with Crippen LogP contribution < -0.4 is 4.90 Å². The van der Waals surface area contributed by atoms with Gasteiger partial charge >= 0.3 is 0 Å². The summed E-state index contributed by atoms with van der Waals surface area (Å²) in [5.41, 5.74) is 1.80. The number of hydrogen-bond donors (Lipinski definition) is 0. The van der Waals surface area contributed by atoms with Crippen LogP contribution in [0.1, 0.15) is 0 Å². The van der Waals surface area contributed by atoms with Gasteiger partial charge in [0.2, 0.25) is 0 Å². The summed E-state index contributed by atoms with van der Waals surface area (Å²) in [5.74, 6) is 0.962. The first kappa shape index (κ1) is 10.5. The second-order valence-electron chi connectivity index (χ2n) is 4.52. The predicted octanol–water partition coefficient (Wildman–Crippen LogP) is 0.115. The summed E-state index contributed by atoms with van der Waals surface area (Å²) < 4.78 is 1.93. The Morgan fingerprint density at radius 1 is 1.00 bits per heavy atom. The monoisotopic (exact) mass is 232 g/mol. The number of likely N-dealkylation sites (N-methyl/N-ethyl adjacent to an activating group) is 1. The van der Waals surface area contributed by atoms with Gasteiger partial charge < -0.3 is 14.4 Å². The minimum absolute atomic E-state index is 0.897. The van der Waals surface area contributed by atoms with Crippen molar-refractivity contribution in [2.45, 2.75) is 0 Å². The van der Waals surface area contributed by atoms with E-state index in [2.05, 4.69) is 31.8 Å². The van der Waals surface area contributed by atoms with Crippen LogP contribution >= 0.6 is 0 Å². The molecule has 0 spiro atoms. The van der Waals surface area contributed by atoms with Gasteiger partial charge in [0, 0.05) is 33.2 Å². The molecule has 0 bridgehead atoms. The number of nitrogens with zero attached hydrogens (tertiary/aromatic N) is 6. The minimum atomic E-state index is 0.897. The largest absolute Gasteiger partial charge is 0.352 e. The predicted molar refractivity (Wildman–Crippen MR) is 66.0 cm³/mol. The molecule has 0 N–H and O–H groups in total. The van der Waals surface area contributed by atoms with Crippen molar-refractivity contribution in [2.24, 2.45) is 7.05 Å². The molecule has 0 atom stereocenters. The summed E-state index contributed by atoms with van der Waals surface area (Å²) in [5, 5.41) is 0. The van der Waals surface area contributed by atoms with Gasteiger partial charge in [-0.2, -0.15) is 0 Å². The van der Waals surface area contributed by atoms with E-state index in [4.69, 9.17) is 0 Å². The van der Waals surface area contributed by atoms with Crippen molar-refractivity contribution in [3.8, 4) is 0 Å². The number of aromatic nitrogens is 4. The molecule has 6 heteroatoms. The molecule has 1 aliphatic rings. The highest BCUT2D eigenvalue weighted by atomic mass is 15.3. The van der Waals surface area contributed by atoms with E-state index in [0.29, 0.717) is 0 Å². The molecule has 0 amide bonds. The van der Waals surface area contributed by atoms with Crippen molar-refractivity contribution in [3.63, 3.8) is 0 Å². The van der Waals surface area contributed by atoms with Crippen LogP contribution in [0.4, 0.5) is 5.82 Å². The Morgan fingerprint density at radius 2 is 1.76 bits per heavy atom. The maximum Gasteiger partial charge on any atom is 0.165 e. The first-order valence-corrected chi connectivity index (χ1v) is 5.81. The minimum Gasteiger partial charge on any atom is -0.352 e. The van der Waals surface area contributed by atoms with Gasteiger partial charge in [-0.15, -0.1) is 0 Å². The number of anilines is 1. The zero-order valence-corrected chi connectivity index (χ0v) is 10.2. The summed E-state index contributed by atoms with van der Waals surface area (Å²) in [6.45, 7) is 4.13. The zero-order chi connectivity index (χ0) is 11.8. The fourth-order valence-electron chi connectivity index (χ4n) is 2.18. The Kier molecular flexibility index (Phi) is 2.44. The van der Waals surface area contributed by atoms with Crippen molar-refractivity contribution in [3.05, 3.63) is 12.7 Å². The van der Waals surface area contributed by atoms with E-state index in [1.807, 2.05) is 11.6 Å². The molecule has 0 radical (unpaired) electrons. The average Bonchev–Trinajstić information content (AvgIpc) is 2.73. The molecule has 0 aromatic carbocycles. The molecule has 90 valence electrons. The van der Waals surface area contributed by atoms with Crippen molar-refractivity contribution in [1.82, 2.24) is 24.4 Å². The Labute approximate surface area is 99.9 Å². The molecule has 3 heterocycles. The van der Waals surface area contributed by atoms with Crippen LogP contribution in [-0.4, -0.2) is 57.6 Å². The maximum atomic E-state index is 4.40. The molecular weight excluding hydrogens is 216 g/mol. The summed E-state index contributed by atoms with van der Waals surface area (Å²) >= 11 is 0. The lowest BCUT2D eigenvalue weighted by Crippen LogP contribution is -2.44. The van der Waals surface area contributed by atoms with E-state index in [1.54, 1.807) is 12.7 Å². The highest BCUT2D eigenvalue weighted by Crippen LogP contribution is 2.21. The zero-order valence-electron chi connectivity index (χ0n) is 10.2. The molecule has 0 aliphatic carbocycles. The second kappa shape index (κ2) is 3.96. The summed E-state index contributed by atoms with van der Waals surface area (Å²) in [6.07, 6.45) is 3.41. The number of hydrogen-bond acceptors (Lipinski definition) is 5. The lowest BCUT2D eigenvalue weighted by Gasteiger charge is -2.33. The molecule has 6 nitrogen and oxygen atoms in total. The van der Waals surface area contributed by atoms with Crippen molar-refractivity contribution >= 4 is 17.0 Å². The van der Waals surface area contributed by atoms with Crippen molar-refractivity contribution in [2.75, 3.05) is 38.1 Å². The topological polar surface area (TPSA) is 50.1 Å². The number of imidazole rings is 1. The quantitative estimate of drug-likeness (QED) is 0.698. The van der Waals surface area contributed by atoms with Gasteiger partial charge in [-0.25, -0.2) is 15.0 Å². The van der Waals surface area contributed by atoms with Gasteiger partial charge in [0.1, 0.15) is 6.33 Å².